The maximum absolute atomic E-state index is 12.4. The van der Waals surface area contributed by atoms with Crippen LogP contribution in [0.3, 0.4) is 0 Å². The molecule has 0 aliphatic carbocycles. The van der Waals surface area contributed by atoms with Crippen LogP contribution in [0.25, 0.3) is 0 Å². The van der Waals surface area contributed by atoms with Crippen LogP contribution in [0.4, 0.5) is 11.5 Å². The molecule has 1 aromatic heterocycles. The van der Waals surface area contributed by atoms with Crippen LogP contribution in [-0.4, -0.2) is 21.1 Å². The normalized spacial score (nSPS) is 12.0. The molecule has 0 aliphatic heterocycles. The Hall–Kier alpha value is -2.28. The van der Waals surface area contributed by atoms with E-state index >= 15 is 0 Å². The van der Waals surface area contributed by atoms with Gasteiger partial charge in [0.15, 0.2) is 5.16 Å². The fourth-order valence-corrected chi connectivity index (χ4v) is 2.98. The van der Waals surface area contributed by atoms with Crippen molar-refractivity contribution in [3.05, 3.63) is 45.7 Å². The van der Waals surface area contributed by atoms with Gasteiger partial charge in [-0.15, -0.1) is 0 Å². The molecule has 2 aromatic rings. The second-order valence-electron chi connectivity index (χ2n) is 5.19. The minimum atomic E-state index is -0.427. The lowest BCUT2D eigenvalue weighted by Gasteiger charge is -2.16. The highest BCUT2D eigenvalue weighted by Gasteiger charge is 2.18. The van der Waals surface area contributed by atoms with Gasteiger partial charge in [-0.3, -0.25) is 9.59 Å². The van der Waals surface area contributed by atoms with Gasteiger partial charge in [0.2, 0.25) is 5.91 Å². The number of carbonyl (C=O) groups excluding carboxylic acids is 1. The van der Waals surface area contributed by atoms with Crippen molar-refractivity contribution in [3.8, 4) is 0 Å². The topological polar surface area (TPSA) is 101 Å². The molecular weight excluding hydrogens is 312 g/mol. The summed E-state index contributed by atoms with van der Waals surface area (Å²) in [7, 11) is 0. The van der Waals surface area contributed by atoms with Crippen molar-refractivity contribution in [2.45, 2.75) is 37.6 Å². The first-order valence-electron chi connectivity index (χ1n) is 7.33. The van der Waals surface area contributed by atoms with E-state index in [1.807, 2.05) is 32.0 Å². The zero-order valence-corrected chi connectivity index (χ0v) is 14.2. The molecule has 2 rings (SSSR count). The van der Waals surface area contributed by atoms with Crippen LogP contribution in [-0.2, 0) is 11.2 Å². The number of anilines is 2. The number of para-hydroxylation sites is 1. The van der Waals surface area contributed by atoms with Crippen LogP contribution in [0.15, 0.2) is 34.2 Å². The average molecular weight is 332 g/mol. The zero-order valence-electron chi connectivity index (χ0n) is 13.3. The van der Waals surface area contributed by atoms with E-state index in [9.17, 15) is 9.59 Å². The first kappa shape index (κ1) is 17.1. The number of thioether (sulfide) groups is 1. The highest BCUT2D eigenvalue weighted by Crippen LogP contribution is 2.24. The Labute approximate surface area is 138 Å². The molecule has 23 heavy (non-hydrogen) atoms. The Kier molecular flexibility index (Phi) is 5.44. The fourth-order valence-electron chi connectivity index (χ4n) is 2.16. The summed E-state index contributed by atoms with van der Waals surface area (Å²) in [6.45, 7) is 5.76. The summed E-state index contributed by atoms with van der Waals surface area (Å²) in [6.07, 6.45) is 0.836. The molecule has 1 atom stereocenters. The number of rotatable bonds is 5. The molecule has 0 fully saturated rings. The SMILES string of the molecule is CCc1cccc(C)c1NC(=O)C(C)Sc1nc(N)cc(=O)[nH]1. The molecule has 0 spiro atoms. The second-order valence-corrected chi connectivity index (χ2v) is 6.52. The van der Waals surface area contributed by atoms with Gasteiger partial charge in [-0.1, -0.05) is 36.9 Å². The molecule has 1 unspecified atom stereocenters. The summed E-state index contributed by atoms with van der Waals surface area (Å²) in [5.41, 5.74) is 8.17. The van der Waals surface area contributed by atoms with Gasteiger partial charge in [-0.05, 0) is 31.4 Å². The predicted molar refractivity (Wildman–Crippen MR) is 93.8 cm³/mol. The third-order valence-corrected chi connectivity index (χ3v) is 4.37. The number of nitrogens with two attached hydrogens (primary N) is 1. The Balaban J connectivity index is 2.13. The van der Waals surface area contributed by atoms with Crippen LogP contribution < -0.4 is 16.6 Å². The van der Waals surface area contributed by atoms with Crippen molar-refractivity contribution in [2.75, 3.05) is 11.1 Å². The van der Waals surface area contributed by atoms with Crippen LogP contribution in [0.1, 0.15) is 25.0 Å². The lowest BCUT2D eigenvalue weighted by molar-refractivity contribution is -0.115. The van der Waals surface area contributed by atoms with Crippen molar-refractivity contribution < 1.29 is 4.79 Å². The minimum absolute atomic E-state index is 0.135. The standard InChI is InChI=1S/C16H20N4O2S/c1-4-11-7-5-6-9(2)14(11)20-15(22)10(3)23-16-18-12(17)8-13(21)19-16/h5-8,10H,4H2,1-3H3,(H,20,22)(H3,17,18,19,21). The van der Waals surface area contributed by atoms with Crippen LogP contribution in [0.5, 0.6) is 0 Å². The number of aromatic nitrogens is 2. The maximum atomic E-state index is 12.4. The van der Waals surface area contributed by atoms with Crippen molar-refractivity contribution >= 4 is 29.2 Å². The number of hydrogen-bond donors (Lipinski definition) is 3. The number of nitrogens with one attached hydrogen (secondary N) is 2. The van der Waals surface area contributed by atoms with E-state index in [2.05, 4.69) is 15.3 Å². The minimum Gasteiger partial charge on any atom is -0.383 e. The Morgan fingerprint density at radius 2 is 2.22 bits per heavy atom. The summed E-state index contributed by atoms with van der Waals surface area (Å²) in [4.78, 5) is 30.4. The highest BCUT2D eigenvalue weighted by atomic mass is 32.2. The van der Waals surface area contributed by atoms with Gasteiger partial charge in [-0.25, -0.2) is 4.98 Å². The molecule has 122 valence electrons. The third-order valence-electron chi connectivity index (χ3n) is 3.39. The van der Waals surface area contributed by atoms with Gasteiger partial charge in [0.05, 0.1) is 5.25 Å². The van der Waals surface area contributed by atoms with E-state index in [1.165, 1.54) is 6.07 Å². The molecule has 1 amide bonds. The summed E-state index contributed by atoms with van der Waals surface area (Å²) in [6, 6.07) is 7.14. The number of aromatic amines is 1. The first-order valence-corrected chi connectivity index (χ1v) is 8.21. The molecular formula is C16H20N4O2S. The molecule has 0 saturated heterocycles. The van der Waals surface area contributed by atoms with Gasteiger partial charge < -0.3 is 16.0 Å². The summed E-state index contributed by atoms with van der Waals surface area (Å²) in [5.74, 6) is -0.0138. The van der Waals surface area contributed by atoms with Gasteiger partial charge in [-0.2, -0.15) is 0 Å². The third kappa shape index (κ3) is 4.35. The van der Waals surface area contributed by atoms with Crippen molar-refractivity contribution in [1.29, 1.82) is 0 Å². The van der Waals surface area contributed by atoms with E-state index in [0.717, 1.165) is 35.0 Å². The van der Waals surface area contributed by atoms with E-state index in [-0.39, 0.29) is 17.3 Å². The average Bonchev–Trinajstić information content (AvgIpc) is 2.48. The molecule has 1 aromatic carbocycles. The van der Waals surface area contributed by atoms with E-state index < -0.39 is 5.25 Å². The quantitative estimate of drug-likeness (QED) is 0.576. The lowest BCUT2D eigenvalue weighted by atomic mass is 10.1. The number of benzene rings is 1. The summed E-state index contributed by atoms with van der Waals surface area (Å²) >= 11 is 1.16. The van der Waals surface area contributed by atoms with Crippen LogP contribution >= 0.6 is 11.8 Å². The number of amides is 1. The molecule has 6 nitrogen and oxygen atoms in total. The highest BCUT2D eigenvalue weighted by molar-refractivity contribution is 8.00. The maximum Gasteiger partial charge on any atom is 0.253 e. The van der Waals surface area contributed by atoms with Crippen molar-refractivity contribution in [2.24, 2.45) is 0 Å². The number of aryl methyl sites for hydroxylation is 2. The largest absolute Gasteiger partial charge is 0.383 e. The summed E-state index contributed by atoms with van der Waals surface area (Å²) in [5, 5.41) is 2.87. The van der Waals surface area contributed by atoms with Gasteiger partial charge >= 0.3 is 0 Å². The fraction of sp³-hybridized carbons (Fsp3) is 0.312. The van der Waals surface area contributed by atoms with Gasteiger partial charge in [0, 0.05) is 11.8 Å². The Bertz CT molecular complexity index is 773. The molecule has 4 N–H and O–H groups in total. The monoisotopic (exact) mass is 332 g/mol. The number of nitrogens with zero attached hydrogens (tertiary/aromatic N) is 1. The molecule has 0 aliphatic rings. The van der Waals surface area contributed by atoms with Crippen LogP contribution in [0.2, 0.25) is 0 Å². The van der Waals surface area contributed by atoms with Crippen molar-refractivity contribution in [3.63, 3.8) is 0 Å². The number of nitrogen functional groups attached to an aromatic ring is 1. The molecule has 0 bridgehead atoms. The van der Waals surface area contributed by atoms with Crippen molar-refractivity contribution in [1.82, 2.24) is 9.97 Å². The van der Waals surface area contributed by atoms with E-state index in [0.29, 0.717) is 5.16 Å². The lowest BCUT2D eigenvalue weighted by Crippen LogP contribution is -2.24. The smallest absolute Gasteiger partial charge is 0.253 e. The molecule has 1 heterocycles. The van der Waals surface area contributed by atoms with E-state index in [4.69, 9.17) is 5.73 Å². The van der Waals surface area contributed by atoms with E-state index in [1.54, 1.807) is 6.92 Å². The Morgan fingerprint density at radius 1 is 1.48 bits per heavy atom. The van der Waals surface area contributed by atoms with Crippen LogP contribution in [0, 0.1) is 6.92 Å². The first-order chi connectivity index (χ1) is 10.9. The molecule has 0 saturated carbocycles. The zero-order chi connectivity index (χ0) is 17.0. The number of hydrogen-bond acceptors (Lipinski definition) is 5. The van der Waals surface area contributed by atoms with Gasteiger partial charge in [0.25, 0.3) is 5.56 Å². The number of carbonyl (C=O) groups is 1. The molecule has 0 radical (unpaired) electrons. The number of H-pyrrole nitrogens is 1. The Morgan fingerprint density at radius 3 is 2.87 bits per heavy atom. The molecule has 7 heteroatoms. The predicted octanol–water partition coefficient (Wildman–Crippen LogP) is 2.34. The summed E-state index contributed by atoms with van der Waals surface area (Å²) < 4.78 is 0. The second kappa shape index (κ2) is 7.32. The van der Waals surface area contributed by atoms with Gasteiger partial charge in [0.1, 0.15) is 5.82 Å².